The number of carbonyl (C=O) groups is 2. The molecule has 0 aliphatic rings. The highest BCUT2D eigenvalue weighted by Crippen LogP contribution is 2.22. The van der Waals surface area contributed by atoms with Crippen molar-refractivity contribution in [2.45, 2.75) is 19.4 Å². The van der Waals surface area contributed by atoms with Crippen LogP contribution in [0.15, 0.2) is 54.2 Å². The van der Waals surface area contributed by atoms with Crippen LogP contribution in [-0.2, 0) is 11.3 Å². The zero-order valence-corrected chi connectivity index (χ0v) is 14.6. The Balaban J connectivity index is 1.46. The number of pyridine rings is 1. The van der Waals surface area contributed by atoms with Crippen LogP contribution in [-0.4, -0.2) is 21.7 Å². The van der Waals surface area contributed by atoms with E-state index in [-0.39, 0.29) is 24.5 Å². The minimum Gasteiger partial charge on any atom is -0.350 e. The number of aromatic nitrogens is 2. The molecule has 2 aromatic heterocycles. The number of hydrogen-bond donors (Lipinski definition) is 1. The fraction of sp³-hybridized carbons (Fsp3) is 0.158. The largest absolute Gasteiger partial charge is 0.350 e. The monoisotopic (exact) mass is 369 g/mol. The summed E-state index contributed by atoms with van der Waals surface area (Å²) in [7, 11) is 0. The molecule has 26 heavy (non-hydrogen) atoms. The third-order valence-electron chi connectivity index (χ3n) is 3.69. The average Bonchev–Trinajstić information content (AvgIpc) is 3.15. The lowest BCUT2D eigenvalue weighted by Gasteiger charge is -2.03. The lowest BCUT2D eigenvalue weighted by atomic mass is 10.1. The number of halogens is 1. The molecule has 2 heterocycles. The minimum absolute atomic E-state index is 0.0802. The summed E-state index contributed by atoms with van der Waals surface area (Å²) < 4.78 is 12.9. The fourth-order valence-corrected chi connectivity index (χ4v) is 3.13. The van der Waals surface area contributed by atoms with E-state index in [2.05, 4.69) is 15.3 Å². The van der Waals surface area contributed by atoms with E-state index in [0.717, 1.165) is 16.3 Å². The molecule has 132 valence electrons. The number of rotatable bonds is 7. The van der Waals surface area contributed by atoms with E-state index in [1.54, 1.807) is 12.4 Å². The highest BCUT2D eigenvalue weighted by molar-refractivity contribution is 7.13. The summed E-state index contributed by atoms with van der Waals surface area (Å²) in [5.41, 5.74) is 2.15. The summed E-state index contributed by atoms with van der Waals surface area (Å²) >= 11 is 1.50. The maximum atomic E-state index is 12.9. The van der Waals surface area contributed by atoms with E-state index >= 15 is 0 Å². The lowest BCUT2D eigenvalue weighted by Crippen LogP contribution is -2.23. The fourth-order valence-electron chi connectivity index (χ4n) is 2.30. The Kier molecular flexibility index (Phi) is 5.80. The van der Waals surface area contributed by atoms with Crippen LogP contribution >= 0.6 is 11.3 Å². The van der Waals surface area contributed by atoms with Crippen LogP contribution in [0, 0.1) is 5.82 Å². The van der Waals surface area contributed by atoms with Crippen molar-refractivity contribution in [3.8, 4) is 10.6 Å². The Morgan fingerprint density at radius 2 is 1.77 bits per heavy atom. The number of ketones is 1. The molecular formula is C19H16FN3O2S. The molecule has 3 rings (SSSR count). The molecule has 7 heteroatoms. The SMILES string of the molecule is O=C(CCC(=O)c1ccc(F)cc1)NCc1csc(-c2ccncc2)n1. The molecule has 1 aromatic carbocycles. The molecule has 0 spiro atoms. The first-order valence-corrected chi connectivity index (χ1v) is 8.90. The molecule has 3 aromatic rings. The summed E-state index contributed by atoms with van der Waals surface area (Å²) in [4.78, 5) is 32.4. The molecule has 0 unspecified atom stereocenters. The maximum Gasteiger partial charge on any atom is 0.220 e. The first-order valence-electron chi connectivity index (χ1n) is 8.02. The molecule has 0 aliphatic heterocycles. The van der Waals surface area contributed by atoms with E-state index in [1.807, 2.05) is 17.5 Å². The van der Waals surface area contributed by atoms with Gasteiger partial charge < -0.3 is 5.32 Å². The van der Waals surface area contributed by atoms with Gasteiger partial charge in [-0.2, -0.15) is 0 Å². The summed E-state index contributed by atoms with van der Waals surface area (Å²) in [6, 6.07) is 9.06. The van der Waals surface area contributed by atoms with Gasteiger partial charge in [0.2, 0.25) is 5.91 Å². The van der Waals surface area contributed by atoms with Crippen LogP contribution in [0.4, 0.5) is 4.39 Å². The normalized spacial score (nSPS) is 10.5. The topological polar surface area (TPSA) is 72.0 Å². The molecule has 0 atom stereocenters. The van der Waals surface area contributed by atoms with Crippen LogP contribution in [0.3, 0.4) is 0 Å². The Labute approximate surface area is 153 Å². The number of hydrogen-bond acceptors (Lipinski definition) is 5. The Morgan fingerprint density at radius 3 is 2.50 bits per heavy atom. The molecule has 0 aliphatic carbocycles. The van der Waals surface area contributed by atoms with Gasteiger partial charge in [0.15, 0.2) is 5.78 Å². The van der Waals surface area contributed by atoms with Crippen LogP contribution in [0.1, 0.15) is 28.9 Å². The van der Waals surface area contributed by atoms with Crippen molar-refractivity contribution in [2.24, 2.45) is 0 Å². The van der Waals surface area contributed by atoms with Crippen molar-refractivity contribution in [1.29, 1.82) is 0 Å². The van der Waals surface area contributed by atoms with Crippen molar-refractivity contribution in [1.82, 2.24) is 15.3 Å². The number of nitrogens with one attached hydrogen (secondary N) is 1. The minimum atomic E-state index is -0.395. The van der Waals surface area contributed by atoms with E-state index in [1.165, 1.54) is 35.6 Å². The van der Waals surface area contributed by atoms with Gasteiger partial charge in [-0.1, -0.05) is 0 Å². The van der Waals surface area contributed by atoms with Crippen LogP contribution in [0.2, 0.25) is 0 Å². The highest BCUT2D eigenvalue weighted by atomic mass is 32.1. The van der Waals surface area contributed by atoms with Gasteiger partial charge in [0.25, 0.3) is 0 Å². The first kappa shape index (κ1) is 17.9. The zero-order valence-electron chi connectivity index (χ0n) is 13.8. The predicted molar refractivity (Wildman–Crippen MR) is 97.2 cm³/mol. The second-order valence-electron chi connectivity index (χ2n) is 5.59. The van der Waals surface area contributed by atoms with Gasteiger partial charge >= 0.3 is 0 Å². The Hall–Kier alpha value is -2.93. The van der Waals surface area contributed by atoms with Crippen LogP contribution in [0.5, 0.6) is 0 Å². The Morgan fingerprint density at radius 1 is 1.04 bits per heavy atom. The second-order valence-corrected chi connectivity index (χ2v) is 6.44. The number of nitrogens with zero attached hydrogens (tertiary/aromatic N) is 2. The van der Waals surface area contributed by atoms with Crippen molar-refractivity contribution in [3.63, 3.8) is 0 Å². The maximum absolute atomic E-state index is 12.9. The molecule has 0 fully saturated rings. The predicted octanol–water partition coefficient (Wildman–Crippen LogP) is 3.62. The van der Waals surface area contributed by atoms with Crippen LogP contribution in [0.25, 0.3) is 10.6 Å². The molecular weight excluding hydrogens is 353 g/mol. The quantitative estimate of drug-likeness (QED) is 0.646. The van der Waals surface area contributed by atoms with Gasteiger partial charge in [0, 0.05) is 41.7 Å². The van der Waals surface area contributed by atoms with Crippen molar-refractivity contribution in [3.05, 3.63) is 71.2 Å². The zero-order chi connectivity index (χ0) is 18.4. The van der Waals surface area contributed by atoms with Crippen molar-refractivity contribution >= 4 is 23.0 Å². The molecule has 1 amide bonds. The van der Waals surface area contributed by atoms with Gasteiger partial charge in [-0.15, -0.1) is 11.3 Å². The Bertz CT molecular complexity index is 895. The van der Waals surface area contributed by atoms with E-state index < -0.39 is 5.82 Å². The number of carbonyl (C=O) groups excluding carboxylic acids is 2. The third-order valence-corrected chi connectivity index (χ3v) is 4.63. The number of amides is 1. The first-order chi connectivity index (χ1) is 12.6. The lowest BCUT2D eigenvalue weighted by molar-refractivity contribution is -0.121. The number of thiazole rings is 1. The van der Waals surface area contributed by atoms with E-state index in [4.69, 9.17) is 0 Å². The van der Waals surface area contributed by atoms with Gasteiger partial charge in [-0.3, -0.25) is 14.6 Å². The third kappa shape index (κ3) is 4.80. The van der Waals surface area contributed by atoms with Gasteiger partial charge in [0.05, 0.1) is 12.2 Å². The second kappa shape index (κ2) is 8.44. The molecule has 0 saturated carbocycles. The molecule has 5 nitrogen and oxygen atoms in total. The highest BCUT2D eigenvalue weighted by Gasteiger charge is 2.10. The molecule has 0 radical (unpaired) electrons. The van der Waals surface area contributed by atoms with Crippen molar-refractivity contribution in [2.75, 3.05) is 0 Å². The van der Waals surface area contributed by atoms with Crippen molar-refractivity contribution < 1.29 is 14.0 Å². The summed E-state index contributed by atoms with van der Waals surface area (Å²) in [5, 5.41) is 5.51. The number of benzene rings is 1. The number of Topliss-reactive ketones (excluding diaryl/α,β-unsaturated/α-hetero) is 1. The summed E-state index contributed by atoms with van der Waals surface area (Å²) in [6.07, 6.45) is 3.57. The van der Waals surface area contributed by atoms with Gasteiger partial charge in [-0.25, -0.2) is 9.37 Å². The standard InChI is InChI=1S/C19H16FN3O2S/c20-15-3-1-13(2-4-15)17(24)5-6-18(25)22-11-16-12-26-19(23-16)14-7-9-21-10-8-14/h1-4,7-10,12H,5-6,11H2,(H,22,25). The van der Waals surface area contributed by atoms with E-state index in [0.29, 0.717) is 12.1 Å². The van der Waals surface area contributed by atoms with Crippen LogP contribution < -0.4 is 5.32 Å². The van der Waals surface area contributed by atoms with Gasteiger partial charge in [0.1, 0.15) is 10.8 Å². The average molecular weight is 369 g/mol. The molecule has 1 N–H and O–H groups in total. The summed E-state index contributed by atoms with van der Waals surface area (Å²) in [5.74, 6) is -0.804. The molecule has 0 bridgehead atoms. The van der Waals surface area contributed by atoms with Gasteiger partial charge in [-0.05, 0) is 36.4 Å². The molecule has 0 saturated heterocycles. The summed E-state index contributed by atoms with van der Waals surface area (Å²) in [6.45, 7) is 0.311. The smallest absolute Gasteiger partial charge is 0.220 e. The van der Waals surface area contributed by atoms with E-state index in [9.17, 15) is 14.0 Å².